The zero-order valence-corrected chi connectivity index (χ0v) is 14.4. The van der Waals surface area contributed by atoms with Gasteiger partial charge in [-0.1, -0.05) is 24.3 Å². The van der Waals surface area contributed by atoms with Crippen molar-refractivity contribution < 1.29 is 9.90 Å². The standard InChI is InChI=1S/C18H21N3O2S/c1-21-17(23)10-15(20-18(21)19)16-9-14(11-24-16)13-6-2-4-12(8-13)5-3-7-22/h2,4,6,8-9,11,15,22H,3,5,7,10H2,1H3,(H2,19,20). The highest BCUT2D eigenvalue weighted by Gasteiger charge is 2.26. The third kappa shape index (κ3) is 3.49. The zero-order valence-electron chi connectivity index (χ0n) is 13.6. The largest absolute Gasteiger partial charge is 0.396 e. The number of guanidine groups is 1. The topological polar surface area (TPSA) is 78.9 Å². The highest BCUT2D eigenvalue weighted by atomic mass is 32.1. The quantitative estimate of drug-likeness (QED) is 0.876. The maximum Gasteiger partial charge on any atom is 0.231 e. The van der Waals surface area contributed by atoms with E-state index in [2.05, 4.69) is 34.6 Å². The predicted octanol–water partition coefficient (Wildman–Crippen LogP) is 2.56. The number of aliphatic imine (C=N–C) groups is 1. The third-order valence-corrected chi connectivity index (χ3v) is 5.24. The fourth-order valence-corrected chi connectivity index (χ4v) is 3.71. The molecule has 1 atom stereocenters. The normalized spacial score (nSPS) is 17.9. The first-order chi connectivity index (χ1) is 11.6. The van der Waals surface area contributed by atoms with Crippen molar-refractivity contribution in [3.8, 4) is 11.1 Å². The lowest BCUT2D eigenvalue weighted by molar-refractivity contribution is -0.127. The molecule has 3 rings (SSSR count). The summed E-state index contributed by atoms with van der Waals surface area (Å²) < 4.78 is 0. The van der Waals surface area contributed by atoms with E-state index in [0.29, 0.717) is 6.42 Å². The van der Waals surface area contributed by atoms with Crippen molar-refractivity contribution in [1.82, 2.24) is 4.90 Å². The number of nitrogens with zero attached hydrogens (tertiary/aromatic N) is 2. The number of benzene rings is 1. The summed E-state index contributed by atoms with van der Waals surface area (Å²) in [6.07, 6.45) is 1.99. The summed E-state index contributed by atoms with van der Waals surface area (Å²) in [5.41, 5.74) is 9.30. The van der Waals surface area contributed by atoms with Gasteiger partial charge in [0, 0.05) is 18.5 Å². The average molecular weight is 343 g/mol. The van der Waals surface area contributed by atoms with Crippen LogP contribution in [0.5, 0.6) is 0 Å². The number of thiophene rings is 1. The van der Waals surface area contributed by atoms with Crippen molar-refractivity contribution in [3.05, 3.63) is 46.2 Å². The molecule has 1 unspecified atom stereocenters. The molecule has 3 N–H and O–H groups in total. The summed E-state index contributed by atoms with van der Waals surface area (Å²) in [5, 5.41) is 11.1. The molecule has 1 amide bonds. The van der Waals surface area contributed by atoms with E-state index in [1.165, 1.54) is 10.5 Å². The first-order valence-electron chi connectivity index (χ1n) is 7.97. The van der Waals surface area contributed by atoms with Gasteiger partial charge in [-0.3, -0.25) is 9.69 Å². The van der Waals surface area contributed by atoms with Crippen molar-refractivity contribution in [1.29, 1.82) is 0 Å². The molecule has 0 saturated heterocycles. The molecule has 1 aliphatic heterocycles. The van der Waals surface area contributed by atoms with E-state index >= 15 is 0 Å². The summed E-state index contributed by atoms with van der Waals surface area (Å²) in [5.74, 6) is 0.269. The number of aliphatic hydroxyl groups is 1. The monoisotopic (exact) mass is 343 g/mol. The van der Waals surface area contributed by atoms with Crippen LogP contribution in [0.2, 0.25) is 0 Å². The average Bonchev–Trinajstić information content (AvgIpc) is 3.08. The van der Waals surface area contributed by atoms with Gasteiger partial charge in [-0.15, -0.1) is 11.3 Å². The SMILES string of the molecule is CN1C(=O)CC(c2cc(-c3cccc(CCCO)c3)cs2)N=C1N. The molecule has 0 radical (unpaired) electrons. The molecule has 0 bridgehead atoms. The van der Waals surface area contributed by atoms with Gasteiger partial charge in [0.05, 0.1) is 12.5 Å². The lowest BCUT2D eigenvalue weighted by Crippen LogP contribution is -2.42. The smallest absolute Gasteiger partial charge is 0.231 e. The van der Waals surface area contributed by atoms with Crippen molar-refractivity contribution >= 4 is 23.2 Å². The molecule has 5 nitrogen and oxygen atoms in total. The van der Waals surface area contributed by atoms with E-state index in [9.17, 15) is 4.79 Å². The van der Waals surface area contributed by atoms with Gasteiger partial charge in [0.15, 0.2) is 5.96 Å². The van der Waals surface area contributed by atoms with Crippen LogP contribution < -0.4 is 5.73 Å². The summed E-state index contributed by atoms with van der Waals surface area (Å²) in [4.78, 5) is 18.8. The molecular weight excluding hydrogens is 322 g/mol. The van der Waals surface area contributed by atoms with Crippen molar-refractivity contribution in [2.75, 3.05) is 13.7 Å². The number of carbonyl (C=O) groups is 1. The summed E-state index contributed by atoms with van der Waals surface area (Å²) in [7, 11) is 1.65. The Morgan fingerprint density at radius 3 is 2.96 bits per heavy atom. The van der Waals surface area contributed by atoms with Gasteiger partial charge in [-0.05, 0) is 41.0 Å². The maximum absolute atomic E-state index is 12.0. The van der Waals surface area contributed by atoms with Gasteiger partial charge in [-0.25, -0.2) is 4.99 Å². The van der Waals surface area contributed by atoms with Crippen LogP contribution in [0.15, 0.2) is 40.7 Å². The minimum Gasteiger partial charge on any atom is -0.396 e. The van der Waals surface area contributed by atoms with Gasteiger partial charge in [0.2, 0.25) is 5.91 Å². The number of aryl methyl sites for hydroxylation is 1. The molecule has 126 valence electrons. The predicted molar refractivity (Wildman–Crippen MR) is 96.9 cm³/mol. The highest BCUT2D eigenvalue weighted by Crippen LogP contribution is 2.34. The molecule has 0 aliphatic carbocycles. The van der Waals surface area contributed by atoms with Crippen LogP contribution in [0.3, 0.4) is 0 Å². The van der Waals surface area contributed by atoms with Crippen molar-refractivity contribution in [2.24, 2.45) is 10.7 Å². The Hall–Kier alpha value is -2.18. The summed E-state index contributed by atoms with van der Waals surface area (Å²) in [6, 6.07) is 10.2. The summed E-state index contributed by atoms with van der Waals surface area (Å²) >= 11 is 1.61. The molecule has 1 aromatic carbocycles. The third-order valence-electron chi connectivity index (χ3n) is 4.21. The molecule has 6 heteroatoms. The zero-order chi connectivity index (χ0) is 17.1. The number of nitrogens with two attached hydrogens (primary N) is 1. The Balaban J connectivity index is 1.82. The number of hydrogen-bond acceptors (Lipinski definition) is 5. The van der Waals surface area contributed by atoms with Gasteiger partial charge in [0.1, 0.15) is 0 Å². The second-order valence-electron chi connectivity index (χ2n) is 5.93. The lowest BCUT2D eigenvalue weighted by Gasteiger charge is -2.24. The highest BCUT2D eigenvalue weighted by molar-refractivity contribution is 7.10. The number of amides is 1. The van der Waals surface area contributed by atoms with Gasteiger partial charge in [0.25, 0.3) is 0 Å². The molecule has 0 fully saturated rings. The molecule has 1 aromatic heterocycles. The molecule has 0 spiro atoms. The van der Waals surface area contributed by atoms with E-state index < -0.39 is 0 Å². The number of hydrogen-bond donors (Lipinski definition) is 2. The van der Waals surface area contributed by atoms with Gasteiger partial charge >= 0.3 is 0 Å². The first kappa shape index (κ1) is 16.7. The van der Waals surface area contributed by atoms with Crippen LogP contribution in [0.1, 0.15) is 29.3 Å². The molecular formula is C18H21N3O2S. The van der Waals surface area contributed by atoms with E-state index in [4.69, 9.17) is 10.8 Å². The van der Waals surface area contributed by atoms with Gasteiger partial charge < -0.3 is 10.8 Å². The van der Waals surface area contributed by atoms with Crippen LogP contribution in [-0.4, -0.2) is 35.5 Å². The Bertz CT molecular complexity index is 769. The fourth-order valence-electron chi connectivity index (χ4n) is 2.75. The molecule has 0 saturated carbocycles. The van der Waals surface area contributed by atoms with Crippen LogP contribution in [0.4, 0.5) is 0 Å². The fraction of sp³-hybridized carbons (Fsp3) is 0.333. The van der Waals surface area contributed by atoms with Crippen LogP contribution in [-0.2, 0) is 11.2 Å². The van der Waals surface area contributed by atoms with E-state index in [-0.39, 0.29) is 24.5 Å². The Labute approximate surface area is 145 Å². The van der Waals surface area contributed by atoms with Crippen LogP contribution in [0, 0.1) is 0 Å². The Kier molecular flexibility index (Phi) is 4.97. The number of carbonyl (C=O) groups excluding carboxylic acids is 1. The van der Waals surface area contributed by atoms with Crippen molar-refractivity contribution in [3.63, 3.8) is 0 Å². The lowest BCUT2D eigenvalue weighted by atomic mass is 10.0. The Morgan fingerprint density at radius 2 is 2.21 bits per heavy atom. The minimum absolute atomic E-state index is 0.00606. The van der Waals surface area contributed by atoms with Crippen LogP contribution >= 0.6 is 11.3 Å². The number of rotatable bonds is 5. The second kappa shape index (κ2) is 7.15. The van der Waals surface area contributed by atoms with E-state index in [0.717, 1.165) is 28.8 Å². The van der Waals surface area contributed by atoms with E-state index in [1.807, 2.05) is 6.07 Å². The molecule has 1 aliphatic rings. The first-order valence-corrected chi connectivity index (χ1v) is 8.85. The molecule has 2 aromatic rings. The molecule has 2 heterocycles. The van der Waals surface area contributed by atoms with E-state index in [1.54, 1.807) is 18.4 Å². The van der Waals surface area contributed by atoms with Gasteiger partial charge in [-0.2, -0.15) is 0 Å². The minimum atomic E-state index is -0.190. The Morgan fingerprint density at radius 1 is 1.38 bits per heavy atom. The van der Waals surface area contributed by atoms with Crippen LogP contribution in [0.25, 0.3) is 11.1 Å². The molecule has 24 heavy (non-hydrogen) atoms. The number of aliphatic hydroxyl groups excluding tert-OH is 1. The summed E-state index contributed by atoms with van der Waals surface area (Å²) in [6.45, 7) is 0.205. The maximum atomic E-state index is 12.0. The van der Waals surface area contributed by atoms with Crippen molar-refractivity contribution in [2.45, 2.75) is 25.3 Å². The second-order valence-corrected chi connectivity index (χ2v) is 6.87.